The number of fused-ring (bicyclic) bond motifs is 1. The molecule has 2 heterocycles. The summed E-state index contributed by atoms with van der Waals surface area (Å²) in [6.07, 6.45) is 3.56. The molecule has 7 heteroatoms. The Morgan fingerprint density at radius 1 is 1.16 bits per heavy atom. The number of hydrogen-bond donors (Lipinski definition) is 2. The highest BCUT2D eigenvalue weighted by molar-refractivity contribution is 7.92. The Labute approximate surface area is 118 Å². The predicted octanol–water partition coefficient (Wildman–Crippen LogP) is 1.67. The monoisotopic (exact) mass is 297 g/mol. The van der Waals surface area contributed by atoms with Crippen LogP contribution in [0.2, 0.25) is 0 Å². The molecule has 3 rings (SSSR count). The van der Waals surface area contributed by atoms with Gasteiger partial charge in [-0.2, -0.15) is 0 Å². The highest BCUT2D eigenvalue weighted by atomic mass is 32.2. The summed E-state index contributed by atoms with van der Waals surface area (Å²) in [5.74, 6) is 0. The van der Waals surface area contributed by atoms with Crippen molar-refractivity contribution in [1.29, 1.82) is 0 Å². The molecule has 0 amide bonds. The number of sulfonamides is 1. The molecule has 0 unspecified atom stereocenters. The van der Waals surface area contributed by atoms with Crippen LogP contribution in [0.15, 0.2) is 23.1 Å². The molecule has 2 aliphatic rings. The fourth-order valence-electron chi connectivity index (χ4n) is 2.51. The fraction of sp³-hybridized carbons (Fsp3) is 0.417. The summed E-state index contributed by atoms with van der Waals surface area (Å²) in [6.45, 7) is 1.97. The quantitative estimate of drug-likeness (QED) is 0.772. The molecule has 2 aliphatic heterocycles. The second kappa shape index (κ2) is 4.64. The first-order valence-electron chi connectivity index (χ1n) is 6.29. The lowest BCUT2D eigenvalue weighted by molar-refractivity contribution is 0.576. The Kier molecular flexibility index (Phi) is 3.10. The lowest BCUT2D eigenvalue weighted by Gasteiger charge is -2.30. The number of nitrogens with zero attached hydrogens (tertiary/aromatic N) is 1. The molecule has 0 spiro atoms. The van der Waals surface area contributed by atoms with Crippen molar-refractivity contribution in [2.24, 2.45) is 0 Å². The molecule has 2 N–H and O–H groups in total. The highest BCUT2D eigenvalue weighted by Crippen LogP contribution is 2.30. The number of thiocarbonyl (C=S) groups is 1. The first-order valence-corrected chi connectivity index (χ1v) is 8.18. The number of benzene rings is 1. The zero-order chi connectivity index (χ0) is 13.5. The Hall–Kier alpha value is -1.34. The van der Waals surface area contributed by atoms with Gasteiger partial charge < -0.3 is 10.2 Å². The van der Waals surface area contributed by atoms with E-state index in [1.807, 2.05) is 6.07 Å². The maximum atomic E-state index is 12.1. The molecule has 1 aromatic carbocycles. The zero-order valence-electron chi connectivity index (χ0n) is 10.3. The molecule has 1 fully saturated rings. The number of nitrogens with one attached hydrogen (secondary N) is 2. The van der Waals surface area contributed by atoms with Gasteiger partial charge in [0.15, 0.2) is 5.11 Å². The zero-order valence-corrected chi connectivity index (χ0v) is 12.0. The second-order valence-electron chi connectivity index (χ2n) is 4.79. The lowest BCUT2D eigenvalue weighted by Crippen LogP contribution is -2.39. The maximum Gasteiger partial charge on any atom is 0.265 e. The van der Waals surface area contributed by atoms with Crippen LogP contribution in [0, 0.1) is 0 Å². The molecule has 1 aromatic rings. The fourth-order valence-corrected chi connectivity index (χ4v) is 4.04. The molecule has 0 atom stereocenters. The van der Waals surface area contributed by atoms with E-state index < -0.39 is 10.0 Å². The lowest BCUT2D eigenvalue weighted by atomic mass is 10.1. The van der Waals surface area contributed by atoms with Crippen molar-refractivity contribution in [3.8, 4) is 0 Å². The van der Waals surface area contributed by atoms with Gasteiger partial charge in [0.05, 0.1) is 5.69 Å². The van der Waals surface area contributed by atoms with E-state index >= 15 is 0 Å². The molecule has 0 aromatic heterocycles. The van der Waals surface area contributed by atoms with Gasteiger partial charge in [0.25, 0.3) is 10.0 Å². The standard InChI is InChI=1S/C12H15N3O2S2/c16-19(17)11-8-9(15-6-2-1-3-7-15)4-5-10(11)13-12(18)14-19/h4-5,8H,1-3,6-7H2,(H2,13,14,18). The van der Waals surface area contributed by atoms with Gasteiger partial charge in [-0.05, 0) is 49.7 Å². The third-order valence-corrected chi connectivity index (χ3v) is 5.17. The van der Waals surface area contributed by atoms with Gasteiger partial charge in [-0.15, -0.1) is 0 Å². The van der Waals surface area contributed by atoms with Gasteiger partial charge in [-0.3, -0.25) is 4.72 Å². The molecule has 1 saturated heterocycles. The summed E-state index contributed by atoms with van der Waals surface area (Å²) in [7, 11) is -3.53. The van der Waals surface area contributed by atoms with Crippen LogP contribution in [0.5, 0.6) is 0 Å². The van der Waals surface area contributed by atoms with Gasteiger partial charge in [0.2, 0.25) is 0 Å². The van der Waals surface area contributed by atoms with Crippen molar-refractivity contribution >= 4 is 38.7 Å². The molecule has 19 heavy (non-hydrogen) atoms. The molecular formula is C12H15N3O2S2. The van der Waals surface area contributed by atoms with Crippen molar-refractivity contribution in [3.05, 3.63) is 18.2 Å². The van der Waals surface area contributed by atoms with E-state index in [1.54, 1.807) is 12.1 Å². The molecule has 102 valence electrons. The van der Waals surface area contributed by atoms with E-state index in [0.717, 1.165) is 31.6 Å². The van der Waals surface area contributed by atoms with Crippen LogP contribution in [0.3, 0.4) is 0 Å². The summed E-state index contributed by atoms with van der Waals surface area (Å²) < 4.78 is 26.4. The van der Waals surface area contributed by atoms with Crippen LogP contribution in [-0.2, 0) is 10.0 Å². The predicted molar refractivity (Wildman–Crippen MR) is 79.0 cm³/mol. The first kappa shape index (κ1) is 12.7. The third kappa shape index (κ3) is 2.40. The van der Waals surface area contributed by atoms with Crippen molar-refractivity contribution in [2.75, 3.05) is 23.3 Å². The van der Waals surface area contributed by atoms with Crippen molar-refractivity contribution < 1.29 is 8.42 Å². The Morgan fingerprint density at radius 3 is 2.63 bits per heavy atom. The third-order valence-electron chi connectivity index (χ3n) is 3.45. The van der Waals surface area contributed by atoms with Gasteiger partial charge in [0, 0.05) is 18.8 Å². The van der Waals surface area contributed by atoms with Crippen molar-refractivity contribution in [3.63, 3.8) is 0 Å². The van der Waals surface area contributed by atoms with Crippen LogP contribution in [-0.4, -0.2) is 26.6 Å². The van der Waals surface area contributed by atoms with Crippen molar-refractivity contribution in [1.82, 2.24) is 4.72 Å². The Balaban J connectivity index is 2.01. The smallest absolute Gasteiger partial charge is 0.265 e. The average Bonchev–Trinajstić information content (AvgIpc) is 2.38. The minimum Gasteiger partial charge on any atom is -0.371 e. The Morgan fingerprint density at radius 2 is 1.89 bits per heavy atom. The van der Waals surface area contributed by atoms with Gasteiger partial charge >= 0.3 is 0 Å². The van der Waals surface area contributed by atoms with Crippen LogP contribution < -0.4 is 14.9 Å². The van der Waals surface area contributed by atoms with Crippen LogP contribution in [0.1, 0.15) is 19.3 Å². The molecule has 0 bridgehead atoms. The molecule has 5 nitrogen and oxygen atoms in total. The highest BCUT2D eigenvalue weighted by Gasteiger charge is 2.26. The minimum atomic E-state index is -3.53. The summed E-state index contributed by atoms with van der Waals surface area (Å²) in [6, 6.07) is 5.45. The second-order valence-corrected chi connectivity index (χ2v) is 6.85. The average molecular weight is 297 g/mol. The molecule has 0 aliphatic carbocycles. The maximum absolute atomic E-state index is 12.1. The van der Waals surface area contributed by atoms with E-state index in [-0.39, 0.29) is 10.0 Å². The first-order chi connectivity index (χ1) is 9.06. The number of rotatable bonds is 1. The SMILES string of the molecule is O=S1(=O)NC(=S)Nc2ccc(N3CCCCC3)cc21. The Bertz CT molecular complexity index is 622. The summed E-state index contributed by atoms with van der Waals surface area (Å²) in [5.41, 5.74) is 1.50. The number of hydrogen-bond acceptors (Lipinski definition) is 4. The molecule has 0 radical (unpaired) electrons. The number of anilines is 2. The van der Waals surface area contributed by atoms with E-state index in [2.05, 4.69) is 14.9 Å². The van der Waals surface area contributed by atoms with Crippen LogP contribution in [0.4, 0.5) is 11.4 Å². The molecular weight excluding hydrogens is 282 g/mol. The van der Waals surface area contributed by atoms with E-state index in [1.165, 1.54) is 6.42 Å². The van der Waals surface area contributed by atoms with Gasteiger partial charge in [-0.25, -0.2) is 8.42 Å². The van der Waals surface area contributed by atoms with Crippen molar-refractivity contribution in [2.45, 2.75) is 24.2 Å². The molecule has 0 saturated carbocycles. The van der Waals surface area contributed by atoms with E-state index in [9.17, 15) is 8.42 Å². The normalized spacial score (nSPS) is 21.3. The topological polar surface area (TPSA) is 61.4 Å². The van der Waals surface area contributed by atoms with Crippen LogP contribution >= 0.6 is 12.2 Å². The van der Waals surface area contributed by atoms with Gasteiger partial charge in [-0.1, -0.05) is 0 Å². The summed E-state index contributed by atoms with van der Waals surface area (Å²) >= 11 is 4.88. The minimum absolute atomic E-state index is 0.123. The number of piperidine rings is 1. The van der Waals surface area contributed by atoms with Crippen LogP contribution in [0.25, 0.3) is 0 Å². The van der Waals surface area contributed by atoms with Gasteiger partial charge in [0.1, 0.15) is 4.90 Å². The van der Waals surface area contributed by atoms with E-state index in [4.69, 9.17) is 12.2 Å². The largest absolute Gasteiger partial charge is 0.371 e. The summed E-state index contributed by atoms with van der Waals surface area (Å²) in [5, 5.41) is 2.99. The van der Waals surface area contributed by atoms with E-state index in [0.29, 0.717) is 5.69 Å². The summed E-state index contributed by atoms with van der Waals surface area (Å²) in [4.78, 5) is 2.50.